The Morgan fingerprint density at radius 2 is 2.00 bits per heavy atom. The van der Waals surface area contributed by atoms with Crippen molar-refractivity contribution in [2.24, 2.45) is 5.92 Å². The number of amides is 1. The Hall–Kier alpha value is -1.76. The molecule has 1 heterocycles. The van der Waals surface area contributed by atoms with Crippen LogP contribution in [0.2, 0.25) is 0 Å². The third kappa shape index (κ3) is 5.70. The summed E-state index contributed by atoms with van der Waals surface area (Å²) in [5.74, 6) is 0.0622. The molecular formula is C17H23F3N2O2. The van der Waals surface area contributed by atoms with Gasteiger partial charge in [-0.15, -0.1) is 0 Å². The number of alkyl halides is 3. The van der Waals surface area contributed by atoms with Crippen molar-refractivity contribution in [3.8, 4) is 5.75 Å². The number of nitrogens with zero attached hydrogens (tertiary/aromatic N) is 1. The van der Waals surface area contributed by atoms with Crippen molar-refractivity contribution in [1.82, 2.24) is 4.90 Å². The first-order valence-corrected chi connectivity index (χ1v) is 8.00. The molecule has 4 nitrogen and oxygen atoms in total. The first-order valence-electron chi connectivity index (χ1n) is 8.00. The molecule has 1 aromatic rings. The maximum atomic E-state index is 12.4. The lowest BCUT2D eigenvalue weighted by Gasteiger charge is -2.31. The van der Waals surface area contributed by atoms with Crippen LogP contribution in [-0.2, 0) is 4.79 Å². The highest BCUT2D eigenvalue weighted by Crippen LogP contribution is 2.31. The molecule has 0 bridgehead atoms. The molecule has 2 rings (SSSR count). The summed E-state index contributed by atoms with van der Waals surface area (Å²) in [4.78, 5) is 14.1. The number of benzene rings is 1. The van der Waals surface area contributed by atoms with Gasteiger partial charge in [-0.1, -0.05) is 6.07 Å². The predicted octanol–water partition coefficient (Wildman–Crippen LogP) is 3.61. The van der Waals surface area contributed by atoms with E-state index in [0.717, 1.165) is 5.56 Å². The number of hydrogen-bond acceptors (Lipinski definition) is 3. The summed E-state index contributed by atoms with van der Waals surface area (Å²) in [6.45, 7) is 3.12. The van der Waals surface area contributed by atoms with Crippen LogP contribution in [0.25, 0.3) is 0 Å². The first-order chi connectivity index (χ1) is 11.3. The number of carbonyl (C=O) groups is 1. The van der Waals surface area contributed by atoms with Crippen LogP contribution < -0.4 is 10.1 Å². The van der Waals surface area contributed by atoms with Crippen LogP contribution in [0.5, 0.6) is 5.75 Å². The Kier molecular flexibility index (Phi) is 6.10. The highest BCUT2D eigenvalue weighted by Gasteiger charge is 2.33. The van der Waals surface area contributed by atoms with E-state index in [2.05, 4.69) is 5.32 Å². The first kappa shape index (κ1) is 18.6. The van der Waals surface area contributed by atoms with E-state index in [-0.39, 0.29) is 18.4 Å². The maximum absolute atomic E-state index is 12.4. The van der Waals surface area contributed by atoms with Crippen LogP contribution in [0.15, 0.2) is 18.2 Å². The zero-order valence-corrected chi connectivity index (χ0v) is 13.9. The second-order valence-corrected chi connectivity index (χ2v) is 6.29. The van der Waals surface area contributed by atoms with Crippen LogP contribution >= 0.6 is 0 Å². The Balaban J connectivity index is 1.83. The van der Waals surface area contributed by atoms with E-state index in [0.29, 0.717) is 37.4 Å². The molecule has 1 saturated heterocycles. The summed E-state index contributed by atoms with van der Waals surface area (Å²) in [6.07, 6.45) is -3.89. The summed E-state index contributed by atoms with van der Waals surface area (Å²) in [7, 11) is 1.53. The number of methoxy groups -OCH3 is 1. The van der Waals surface area contributed by atoms with Gasteiger partial charge in [-0.2, -0.15) is 13.2 Å². The number of rotatable bonds is 5. The molecule has 0 aliphatic carbocycles. The van der Waals surface area contributed by atoms with E-state index in [1.54, 1.807) is 6.07 Å². The summed E-state index contributed by atoms with van der Waals surface area (Å²) >= 11 is 0. The smallest absolute Gasteiger partial charge is 0.389 e. The molecule has 1 fully saturated rings. The second kappa shape index (κ2) is 7.88. The normalized spacial score (nSPS) is 16.9. The Morgan fingerprint density at radius 3 is 2.58 bits per heavy atom. The van der Waals surface area contributed by atoms with Crippen molar-refractivity contribution < 1.29 is 22.7 Å². The fraction of sp³-hybridized carbons (Fsp3) is 0.588. The lowest BCUT2D eigenvalue weighted by atomic mass is 9.93. The topological polar surface area (TPSA) is 41.6 Å². The van der Waals surface area contributed by atoms with Crippen LogP contribution in [0.4, 0.5) is 18.9 Å². The summed E-state index contributed by atoms with van der Waals surface area (Å²) in [6, 6.07) is 5.50. The minimum absolute atomic E-state index is 0.176. The molecule has 0 aromatic heterocycles. The van der Waals surface area contributed by atoms with Gasteiger partial charge in [-0.05, 0) is 56.5 Å². The minimum atomic E-state index is -4.11. The van der Waals surface area contributed by atoms with Crippen molar-refractivity contribution in [1.29, 1.82) is 0 Å². The number of nitrogens with one attached hydrogen (secondary N) is 1. The van der Waals surface area contributed by atoms with Gasteiger partial charge in [-0.3, -0.25) is 9.69 Å². The molecule has 0 spiro atoms. The van der Waals surface area contributed by atoms with Crippen LogP contribution in [-0.4, -0.2) is 43.7 Å². The van der Waals surface area contributed by atoms with Gasteiger partial charge in [0.2, 0.25) is 5.91 Å². The molecule has 1 N–H and O–H groups in total. The molecule has 1 aliphatic heterocycles. The highest BCUT2D eigenvalue weighted by atomic mass is 19.4. The van der Waals surface area contributed by atoms with E-state index in [1.807, 2.05) is 24.0 Å². The van der Waals surface area contributed by atoms with Gasteiger partial charge in [0.05, 0.1) is 19.3 Å². The van der Waals surface area contributed by atoms with Gasteiger partial charge < -0.3 is 10.1 Å². The number of piperidine rings is 1. The average molecular weight is 344 g/mol. The monoisotopic (exact) mass is 344 g/mol. The third-order valence-electron chi connectivity index (χ3n) is 4.22. The second-order valence-electron chi connectivity index (χ2n) is 6.29. The molecule has 0 unspecified atom stereocenters. The van der Waals surface area contributed by atoms with Gasteiger partial charge in [0.25, 0.3) is 0 Å². The quantitative estimate of drug-likeness (QED) is 0.887. The summed E-state index contributed by atoms with van der Waals surface area (Å²) in [5.41, 5.74) is 1.61. The molecular weight excluding hydrogens is 321 g/mol. The molecule has 134 valence electrons. The Morgan fingerprint density at radius 1 is 1.33 bits per heavy atom. The molecule has 1 aromatic carbocycles. The zero-order valence-electron chi connectivity index (χ0n) is 13.9. The zero-order chi connectivity index (χ0) is 17.7. The molecule has 1 amide bonds. The van der Waals surface area contributed by atoms with Crippen LogP contribution in [0, 0.1) is 12.8 Å². The van der Waals surface area contributed by atoms with E-state index < -0.39 is 12.6 Å². The number of ether oxygens (including phenoxy) is 1. The number of aryl methyl sites for hydroxylation is 1. The number of halogens is 3. The lowest BCUT2D eigenvalue weighted by Crippen LogP contribution is -2.40. The van der Waals surface area contributed by atoms with E-state index in [4.69, 9.17) is 4.74 Å². The van der Waals surface area contributed by atoms with Crippen molar-refractivity contribution in [3.63, 3.8) is 0 Å². The van der Waals surface area contributed by atoms with Crippen molar-refractivity contribution >= 4 is 11.6 Å². The fourth-order valence-electron chi connectivity index (χ4n) is 2.99. The molecule has 24 heavy (non-hydrogen) atoms. The van der Waals surface area contributed by atoms with E-state index >= 15 is 0 Å². The van der Waals surface area contributed by atoms with Crippen LogP contribution in [0.1, 0.15) is 24.8 Å². The largest absolute Gasteiger partial charge is 0.495 e. The number of anilines is 1. The molecule has 7 heteroatoms. The fourth-order valence-corrected chi connectivity index (χ4v) is 2.99. The van der Waals surface area contributed by atoms with Crippen LogP contribution in [0.3, 0.4) is 0 Å². The number of hydrogen-bond donors (Lipinski definition) is 1. The van der Waals surface area contributed by atoms with Gasteiger partial charge in [0.15, 0.2) is 0 Å². The van der Waals surface area contributed by atoms with Gasteiger partial charge in [0, 0.05) is 6.42 Å². The lowest BCUT2D eigenvalue weighted by molar-refractivity contribution is -0.147. The van der Waals surface area contributed by atoms with Crippen molar-refractivity contribution in [2.75, 3.05) is 32.1 Å². The number of likely N-dealkylation sites (tertiary alicyclic amines) is 1. The Bertz CT molecular complexity index is 567. The third-order valence-corrected chi connectivity index (χ3v) is 4.22. The van der Waals surface area contributed by atoms with Gasteiger partial charge >= 0.3 is 6.18 Å². The summed E-state index contributed by atoms with van der Waals surface area (Å²) in [5, 5.41) is 2.81. The minimum Gasteiger partial charge on any atom is -0.495 e. The molecule has 0 saturated carbocycles. The summed E-state index contributed by atoms with van der Waals surface area (Å²) < 4.78 is 42.4. The average Bonchev–Trinajstić information content (AvgIpc) is 2.48. The highest BCUT2D eigenvalue weighted by molar-refractivity contribution is 5.93. The molecule has 0 atom stereocenters. The Labute approximate surface area is 140 Å². The maximum Gasteiger partial charge on any atom is 0.389 e. The molecule has 1 aliphatic rings. The van der Waals surface area contributed by atoms with E-state index in [1.165, 1.54) is 7.11 Å². The van der Waals surface area contributed by atoms with Gasteiger partial charge in [-0.25, -0.2) is 0 Å². The van der Waals surface area contributed by atoms with Crippen molar-refractivity contribution in [2.45, 2.75) is 32.4 Å². The standard InChI is InChI=1S/C17H23F3N2O2/c1-12-3-4-15(24-2)14(9-12)21-16(23)11-22-7-5-13(6-8-22)10-17(18,19)20/h3-4,9,13H,5-8,10-11H2,1-2H3,(H,21,23). The number of carbonyl (C=O) groups excluding carboxylic acids is 1. The van der Waals surface area contributed by atoms with E-state index in [9.17, 15) is 18.0 Å². The predicted molar refractivity (Wildman–Crippen MR) is 86.2 cm³/mol. The molecule has 0 radical (unpaired) electrons. The van der Waals surface area contributed by atoms with Crippen molar-refractivity contribution in [3.05, 3.63) is 23.8 Å². The SMILES string of the molecule is COc1ccc(C)cc1NC(=O)CN1CCC(CC(F)(F)F)CC1. The van der Waals surface area contributed by atoms with Gasteiger partial charge in [0.1, 0.15) is 5.75 Å².